The molecule has 1 fully saturated rings. The van der Waals surface area contributed by atoms with Gasteiger partial charge in [0, 0.05) is 17.6 Å². The molecule has 0 aromatic heterocycles. The Hall–Kier alpha value is -0.810. The van der Waals surface area contributed by atoms with Crippen LogP contribution in [0.2, 0.25) is 5.02 Å². The average Bonchev–Trinajstić information content (AvgIpc) is 2.72. The van der Waals surface area contributed by atoms with Crippen molar-refractivity contribution in [2.24, 2.45) is 5.73 Å². The molecule has 0 spiro atoms. The second kappa shape index (κ2) is 7.27. The van der Waals surface area contributed by atoms with Crippen LogP contribution in [0.5, 0.6) is 0 Å². The fourth-order valence-corrected chi connectivity index (χ4v) is 2.68. The third-order valence-corrected chi connectivity index (χ3v) is 3.85. The smallest absolute Gasteiger partial charge is 0.236 e. The lowest BCUT2D eigenvalue weighted by atomic mass is 10.00. The van der Waals surface area contributed by atoms with Gasteiger partial charge in [0.25, 0.3) is 0 Å². The summed E-state index contributed by atoms with van der Waals surface area (Å²) in [5, 5.41) is 3.76. The molecule has 0 aliphatic carbocycles. The summed E-state index contributed by atoms with van der Waals surface area (Å²) in [7, 11) is 2.07. The molecule has 1 heterocycles. The van der Waals surface area contributed by atoms with E-state index in [4.69, 9.17) is 17.3 Å². The summed E-state index contributed by atoms with van der Waals surface area (Å²) in [5.41, 5.74) is 6.78. The van der Waals surface area contributed by atoms with Gasteiger partial charge in [0.2, 0.25) is 5.91 Å². The highest BCUT2D eigenvalue weighted by atomic mass is 35.5. The third kappa shape index (κ3) is 3.85. The van der Waals surface area contributed by atoms with Crippen molar-refractivity contribution in [3.05, 3.63) is 34.9 Å². The van der Waals surface area contributed by atoms with Crippen LogP contribution in [0.25, 0.3) is 0 Å². The molecule has 3 atom stereocenters. The number of hydrogen-bond acceptors (Lipinski definition) is 3. The molecule has 0 bridgehead atoms. The zero-order valence-electron chi connectivity index (χ0n) is 11.7. The molecule has 1 aliphatic rings. The van der Waals surface area contributed by atoms with E-state index in [-0.39, 0.29) is 30.4 Å². The van der Waals surface area contributed by atoms with E-state index >= 15 is 0 Å². The van der Waals surface area contributed by atoms with Crippen LogP contribution in [0.15, 0.2) is 24.3 Å². The first-order chi connectivity index (χ1) is 8.99. The van der Waals surface area contributed by atoms with Crippen LogP contribution in [-0.4, -0.2) is 36.5 Å². The molecule has 0 saturated carbocycles. The minimum absolute atomic E-state index is 0. The quantitative estimate of drug-likeness (QED) is 0.896. The zero-order valence-corrected chi connectivity index (χ0v) is 13.2. The summed E-state index contributed by atoms with van der Waals surface area (Å²) in [6, 6.07) is 7.60. The van der Waals surface area contributed by atoms with Crippen LogP contribution in [0.3, 0.4) is 0 Å². The van der Waals surface area contributed by atoms with Crippen molar-refractivity contribution in [3.8, 4) is 0 Å². The Morgan fingerprint density at radius 1 is 1.45 bits per heavy atom. The number of carbonyl (C=O) groups is 1. The van der Waals surface area contributed by atoms with Gasteiger partial charge in [0.15, 0.2) is 0 Å². The van der Waals surface area contributed by atoms with Crippen LogP contribution in [0, 0.1) is 0 Å². The molecular formula is C14H21Cl2N3O. The number of carbonyl (C=O) groups excluding carboxylic acids is 1. The number of nitrogens with two attached hydrogens (primary N) is 1. The summed E-state index contributed by atoms with van der Waals surface area (Å²) in [6.45, 7) is 2.66. The van der Waals surface area contributed by atoms with Crippen LogP contribution in [-0.2, 0) is 4.79 Å². The standard InChI is InChI=1S/C14H20ClN3O.ClH/c1-9(16)14(19)17-12-7-8-18(2)13(12)10-3-5-11(15)6-4-10;/h3-6,9,12-13H,7-8,16H2,1-2H3,(H,17,19);1H/t9-,12?,13?;/m1./s1. The van der Waals surface area contributed by atoms with E-state index in [9.17, 15) is 4.79 Å². The van der Waals surface area contributed by atoms with Crippen LogP contribution >= 0.6 is 24.0 Å². The van der Waals surface area contributed by atoms with Crippen molar-refractivity contribution in [1.82, 2.24) is 10.2 Å². The Kier molecular flexibility index (Phi) is 6.27. The molecule has 20 heavy (non-hydrogen) atoms. The van der Waals surface area contributed by atoms with Crippen molar-refractivity contribution < 1.29 is 4.79 Å². The monoisotopic (exact) mass is 317 g/mol. The predicted molar refractivity (Wildman–Crippen MR) is 84.3 cm³/mol. The molecule has 6 heteroatoms. The summed E-state index contributed by atoms with van der Waals surface area (Å²) >= 11 is 5.92. The molecule has 1 aromatic carbocycles. The van der Waals surface area contributed by atoms with Crippen LogP contribution < -0.4 is 11.1 Å². The van der Waals surface area contributed by atoms with Crippen molar-refractivity contribution in [3.63, 3.8) is 0 Å². The lowest BCUT2D eigenvalue weighted by Crippen LogP contribution is -2.45. The Labute approximate surface area is 131 Å². The zero-order chi connectivity index (χ0) is 14.0. The first-order valence-corrected chi connectivity index (χ1v) is 6.88. The number of amides is 1. The van der Waals surface area contributed by atoms with E-state index < -0.39 is 6.04 Å². The second-order valence-corrected chi connectivity index (χ2v) is 5.61. The highest BCUT2D eigenvalue weighted by Crippen LogP contribution is 2.31. The van der Waals surface area contributed by atoms with Gasteiger partial charge in [0.1, 0.15) is 0 Å². The largest absolute Gasteiger partial charge is 0.350 e. The highest BCUT2D eigenvalue weighted by molar-refractivity contribution is 6.30. The average molecular weight is 318 g/mol. The van der Waals surface area contributed by atoms with E-state index in [1.54, 1.807) is 6.92 Å². The van der Waals surface area contributed by atoms with Crippen molar-refractivity contribution in [1.29, 1.82) is 0 Å². The molecule has 2 unspecified atom stereocenters. The van der Waals surface area contributed by atoms with Gasteiger partial charge in [-0.2, -0.15) is 0 Å². The van der Waals surface area contributed by atoms with Gasteiger partial charge in [-0.15, -0.1) is 12.4 Å². The Balaban J connectivity index is 0.00000200. The lowest BCUT2D eigenvalue weighted by Gasteiger charge is -2.26. The van der Waals surface area contributed by atoms with Gasteiger partial charge in [-0.3, -0.25) is 9.69 Å². The summed E-state index contributed by atoms with van der Waals surface area (Å²) in [4.78, 5) is 14.0. The van der Waals surface area contributed by atoms with Gasteiger partial charge in [-0.25, -0.2) is 0 Å². The van der Waals surface area contributed by atoms with Gasteiger partial charge in [-0.1, -0.05) is 23.7 Å². The third-order valence-electron chi connectivity index (χ3n) is 3.60. The molecule has 2 rings (SSSR count). The van der Waals surface area contributed by atoms with E-state index in [0.29, 0.717) is 0 Å². The lowest BCUT2D eigenvalue weighted by molar-refractivity contribution is -0.122. The molecule has 3 N–H and O–H groups in total. The molecule has 1 aromatic rings. The van der Waals surface area contributed by atoms with E-state index in [2.05, 4.69) is 17.3 Å². The number of hydrogen-bond donors (Lipinski definition) is 2. The molecular weight excluding hydrogens is 297 g/mol. The Bertz CT molecular complexity index is 450. The van der Waals surface area contributed by atoms with Crippen LogP contribution in [0.4, 0.5) is 0 Å². The summed E-state index contributed by atoms with van der Waals surface area (Å²) < 4.78 is 0. The number of rotatable bonds is 3. The molecule has 112 valence electrons. The van der Waals surface area contributed by atoms with E-state index in [1.165, 1.54) is 5.56 Å². The van der Waals surface area contributed by atoms with E-state index in [0.717, 1.165) is 18.0 Å². The number of benzene rings is 1. The van der Waals surface area contributed by atoms with Gasteiger partial charge in [-0.05, 0) is 38.1 Å². The first-order valence-electron chi connectivity index (χ1n) is 6.50. The molecule has 1 amide bonds. The Morgan fingerprint density at radius 2 is 2.05 bits per heavy atom. The SMILES string of the molecule is C[C@@H](N)C(=O)NC1CCN(C)C1c1ccc(Cl)cc1.Cl. The van der Waals surface area contributed by atoms with Gasteiger partial charge in [0.05, 0.1) is 12.1 Å². The number of nitrogens with zero attached hydrogens (tertiary/aromatic N) is 1. The maximum absolute atomic E-state index is 11.8. The first kappa shape index (κ1) is 17.2. The fraction of sp³-hybridized carbons (Fsp3) is 0.500. The number of halogens is 2. The molecule has 0 radical (unpaired) electrons. The van der Waals surface area contributed by atoms with E-state index in [1.807, 2.05) is 24.3 Å². The maximum Gasteiger partial charge on any atom is 0.236 e. The summed E-state index contributed by atoms with van der Waals surface area (Å²) in [5.74, 6) is -0.0979. The predicted octanol–water partition coefficient (Wildman–Crippen LogP) is 1.97. The van der Waals surface area contributed by atoms with Crippen LogP contribution in [0.1, 0.15) is 24.9 Å². The minimum Gasteiger partial charge on any atom is -0.350 e. The van der Waals surface area contributed by atoms with Gasteiger partial charge >= 0.3 is 0 Å². The molecule has 1 aliphatic heterocycles. The second-order valence-electron chi connectivity index (χ2n) is 5.17. The normalized spacial score (nSPS) is 24.0. The molecule has 1 saturated heterocycles. The highest BCUT2D eigenvalue weighted by Gasteiger charge is 2.34. The Morgan fingerprint density at radius 3 is 2.60 bits per heavy atom. The van der Waals surface area contributed by atoms with Crippen molar-refractivity contribution >= 4 is 29.9 Å². The van der Waals surface area contributed by atoms with Crippen molar-refractivity contribution in [2.45, 2.75) is 31.5 Å². The fourth-order valence-electron chi connectivity index (χ4n) is 2.56. The number of nitrogens with one attached hydrogen (secondary N) is 1. The number of likely N-dealkylation sites (N-methyl/N-ethyl adjacent to an activating group) is 1. The topological polar surface area (TPSA) is 58.4 Å². The molecule has 4 nitrogen and oxygen atoms in total. The van der Waals surface area contributed by atoms with Gasteiger partial charge < -0.3 is 11.1 Å². The van der Waals surface area contributed by atoms with Crippen molar-refractivity contribution in [2.75, 3.05) is 13.6 Å². The summed E-state index contributed by atoms with van der Waals surface area (Å²) in [6.07, 6.45) is 0.933. The minimum atomic E-state index is -0.475. The number of likely N-dealkylation sites (tertiary alicyclic amines) is 1. The maximum atomic E-state index is 11.8.